The van der Waals surface area contributed by atoms with Gasteiger partial charge in [0.25, 0.3) is 0 Å². The van der Waals surface area contributed by atoms with E-state index in [9.17, 15) is 14.7 Å². The molecule has 1 N–H and O–H groups in total. The Morgan fingerprint density at radius 2 is 1.93 bits per heavy atom. The van der Waals surface area contributed by atoms with Gasteiger partial charge in [0.05, 0.1) is 12.5 Å². The molecule has 8 heteroatoms. The molecule has 1 amide bonds. The van der Waals surface area contributed by atoms with Crippen LogP contribution in [0.4, 0.5) is 0 Å². The second-order valence-corrected chi connectivity index (χ2v) is 8.64. The number of fused-ring (bicyclic) bond motifs is 1. The van der Waals surface area contributed by atoms with E-state index in [1.165, 1.54) is 17.5 Å². The van der Waals surface area contributed by atoms with Crippen LogP contribution in [0.15, 0.2) is 4.79 Å². The maximum atomic E-state index is 13.0. The van der Waals surface area contributed by atoms with Crippen LogP contribution in [-0.2, 0) is 24.8 Å². The van der Waals surface area contributed by atoms with Crippen LogP contribution in [0, 0.1) is 11.3 Å². The van der Waals surface area contributed by atoms with Crippen molar-refractivity contribution in [1.29, 1.82) is 0 Å². The Kier molecular flexibility index (Phi) is 5.11. The Bertz CT molecular complexity index is 741. The highest BCUT2D eigenvalue weighted by Gasteiger charge is 2.39. The highest BCUT2D eigenvalue weighted by atomic mass is 16.3. The Morgan fingerprint density at radius 3 is 2.59 bits per heavy atom. The molecule has 1 atom stereocenters. The maximum absolute atomic E-state index is 13.0. The molecule has 0 aromatic carbocycles. The molecular weight excluding hydrogens is 346 g/mol. The lowest BCUT2D eigenvalue weighted by Crippen LogP contribution is -2.51. The summed E-state index contributed by atoms with van der Waals surface area (Å²) in [5, 5.41) is 14.3. The topological polar surface area (TPSA) is 83.6 Å². The molecule has 3 aliphatic rings. The van der Waals surface area contributed by atoms with Gasteiger partial charge in [-0.2, -0.15) is 5.10 Å². The second-order valence-electron chi connectivity index (χ2n) is 8.64. The molecule has 0 radical (unpaired) electrons. The number of carbonyl (C=O) groups excluding carboxylic acids is 1. The molecule has 0 spiro atoms. The van der Waals surface area contributed by atoms with E-state index in [2.05, 4.69) is 10.00 Å². The van der Waals surface area contributed by atoms with E-state index in [1.54, 1.807) is 11.6 Å². The number of aryl methyl sites for hydroxylation is 2. The number of piperidine rings is 1. The number of rotatable bonds is 4. The Balaban J connectivity index is 1.37. The summed E-state index contributed by atoms with van der Waals surface area (Å²) in [7, 11) is 1.66. The number of aliphatic hydroxyl groups is 1. The molecule has 0 aliphatic carbocycles. The Labute approximate surface area is 159 Å². The van der Waals surface area contributed by atoms with Crippen LogP contribution in [0.5, 0.6) is 0 Å². The summed E-state index contributed by atoms with van der Waals surface area (Å²) in [6.45, 7) is 5.27. The fourth-order valence-corrected chi connectivity index (χ4v) is 4.98. The quantitative estimate of drug-likeness (QED) is 0.788. The summed E-state index contributed by atoms with van der Waals surface area (Å²) >= 11 is 0. The Hall–Kier alpha value is -1.67. The van der Waals surface area contributed by atoms with E-state index in [0.717, 1.165) is 44.7 Å². The minimum atomic E-state index is -0.139. The number of nitrogens with zero attached hydrogens (tertiary/aromatic N) is 5. The van der Waals surface area contributed by atoms with Crippen molar-refractivity contribution in [2.75, 3.05) is 39.3 Å². The summed E-state index contributed by atoms with van der Waals surface area (Å²) in [4.78, 5) is 29.6. The van der Waals surface area contributed by atoms with Gasteiger partial charge in [-0.15, -0.1) is 0 Å². The minimum Gasteiger partial charge on any atom is -0.396 e. The monoisotopic (exact) mass is 377 g/mol. The van der Waals surface area contributed by atoms with Gasteiger partial charge in [-0.05, 0) is 45.2 Å². The zero-order chi connectivity index (χ0) is 19.0. The molecule has 27 heavy (non-hydrogen) atoms. The third-order valence-electron chi connectivity index (χ3n) is 6.78. The largest absolute Gasteiger partial charge is 0.396 e. The SMILES string of the molecule is Cn1nc2n(c1=O)C[C@@H](C(=O)N1CCC(CO)(CN3CCCC3)CC1)CC2. The van der Waals surface area contributed by atoms with E-state index in [1.807, 2.05) is 4.90 Å². The molecular formula is C19H31N5O3. The summed E-state index contributed by atoms with van der Waals surface area (Å²) in [6, 6.07) is 0. The van der Waals surface area contributed by atoms with Crippen LogP contribution in [0.2, 0.25) is 0 Å². The average Bonchev–Trinajstić information content (AvgIpc) is 3.30. The van der Waals surface area contributed by atoms with E-state index in [4.69, 9.17) is 0 Å². The number of amides is 1. The number of carbonyl (C=O) groups is 1. The van der Waals surface area contributed by atoms with Crippen molar-refractivity contribution in [1.82, 2.24) is 24.1 Å². The fourth-order valence-electron chi connectivity index (χ4n) is 4.98. The second kappa shape index (κ2) is 7.39. The first kappa shape index (κ1) is 18.7. The van der Waals surface area contributed by atoms with Gasteiger partial charge in [-0.1, -0.05) is 0 Å². The third kappa shape index (κ3) is 3.57. The van der Waals surface area contributed by atoms with Gasteiger partial charge >= 0.3 is 5.69 Å². The van der Waals surface area contributed by atoms with E-state index >= 15 is 0 Å². The number of hydrogen-bond donors (Lipinski definition) is 1. The Morgan fingerprint density at radius 1 is 1.22 bits per heavy atom. The van der Waals surface area contributed by atoms with Crippen LogP contribution in [-0.4, -0.2) is 74.5 Å². The van der Waals surface area contributed by atoms with E-state index in [0.29, 0.717) is 26.1 Å². The maximum Gasteiger partial charge on any atom is 0.345 e. The highest BCUT2D eigenvalue weighted by molar-refractivity contribution is 5.79. The van der Waals surface area contributed by atoms with E-state index < -0.39 is 0 Å². The first-order valence-corrected chi connectivity index (χ1v) is 10.3. The van der Waals surface area contributed by atoms with Gasteiger partial charge in [-0.3, -0.25) is 9.36 Å². The lowest BCUT2D eigenvalue weighted by molar-refractivity contribution is -0.139. The normalized spacial score (nSPS) is 25.6. The molecule has 1 aromatic rings. The predicted octanol–water partition coefficient (Wildman–Crippen LogP) is -0.159. The lowest BCUT2D eigenvalue weighted by atomic mass is 9.78. The van der Waals surface area contributed by atoms with Crippen LogP contribution < -0.4 is 5.69 Å². The highest BCUT2D eigenvalue weighted by Crippen LogP contribution is 2.34. The van der Waals surface area contributed by atoms with Gasteiger partial charge < -0.3 is 14.9 Å². The van der Waals surface area contributed by atoms with Crippen molar-refractivity contribution in [3.8, 4) is 0 Å². The first-order valence-electron chi connectivity index (χ1n) is 10.3. The van der Waals surface area contributed by atoms with Crippen molar-refractivity contribution in [3.05, 3.63) is 16.3 Å². The summed E-state index contributed by atoms with van der Waals surface area (Å²) in [5.41, 5.74) is -0.202. The summed E-state index contributed by atoms with van der Waals surface area (Å²) in [5.74, 6) is 0.804. The van der Waals surface area contributed by atoms with Crippen LogP contribution >= 0.6 is 0 Å². The van der Waals surface area contributed by atoms with Crippen LogP contribution in [0.3, 0.4) is 0 Å². The zero-order valence-corrected chi connectivity index (χ0v) is 16.3. The molecule has 2 saturated heterocycles. The first-order chi connectivity index (χ1) is 13.0. The molecule has 4 heterocycles. The van der Waals surface area contributed by atoms with Crippen molar-refractivity contribution in [2.24, 2.45) is 18.4 Å². The lowest BCUT2D eigenvalue weighted by Gasteiger charge is -2.43. The van der Waals surface area contributed by atoms with Gasteiger partial charge in [0.1, 0.15) is 5.82 Å². The van der Waals surface area contributed by atoms with Crippen molar-refractivity contribution >= 4 is 5.91 Å². The molecule has 1 aromatic heterocycles. The predicted molar refractivity (Wildman–Crippen MR) is 100 cm³/mol. The molecule has 0 bridgehead atoms. The van der Waals surface area contributed by atoms with Crippen molar-refractivity contribution < 1.29 is 9.90 Å². The van der Waals surface area contributed by atoms with Crippen molar-refractivity contribution in [2.45, 2.75) is 45.1 Å². The van der Waals surface area contributed by atoms with Crippen molar-refractivity contribution in [3.63, 3.8) is 0 Å². The molecule has 4 rings (SSSR count). The minimum absolute atomic E-state index is 0.0683. The van der Waals surface area contributed by atoms with Crippen LogP contribution in [0.1, 0.15) is 37.9 Å². The molecule has 0 unspecified atom stereocenters. The molecule has 3 aliphatic heterocycles. The van der Waals surface area contributed by atoms with Gasteiger partial charge in [0, 0.05) is 45.1 Å². The van der Waals surface area contributed by atoms with Gasteiger partial charge in [0.2, 0.25) is 5.91 Å². The molecule has 2 fully saturated rings. The van der Waals surface area contributed by atoms with E-state index in [-0.39, 0.29) is 29.5 Å². The fraction of sp³-hybridized carbons (Fsp3) is 0.842. The standard InChI is InChI=1S/C19H31N5O3/c1-21-18(27)24-12-15(4-5-16(24)20-21)17(26)23-10-6-19(14-25,7-11-23)13-22-8-2-3-9-22/h15,25H,2-14H2,1H3/t15-/m0/s1. The smallest absolute Gasteiger partial charge is 0.345 e. The average molecular weight is 377 g/mol. The number of aliphatic hydroxyl groups excluding tert-OH is 1. The summed E-state index contributed by atoms with van der Waals surface area (Å²) < 4.78 is 3.01. The van der Waals surface area contributed by atoms with Gasteiger partial charge in [0.15, 0.2) is 0 Å². The zero-order valence-electron chi connectivity index (χ0n) is 16.3. The third-order valence-corrected chi connectivity index (χ3v) is 6.78. The van der Waals surface area contributed by atoms with Crippen LogP contribution in [0.25, 0.3) is 0 Å². The molecule has 8 nitrogen and oxygen atoms in total. The molecule has 150 valence electrons. The number of aromatic nitrogens is 3. The number of likely N-dealkylation sites (tertiary alicyclic amines) is 2. The number of hydrogen-bond acceptors (Lipinski definition) is 5. The van der Waals surface area contributed by atoms with Gasteiger partial charge in [-0.25, -0.2) is 9.48 Å². The molecule has 0 saturated carbocycles. The summed E-state index contributed by atoms with van der Waals surface area (Å²) in [6.07, 6.45) is 5.65.